The Balaban J connectivity index is 1.70. The van der Waals surface area contributed by atoms with E-state index in [1.807, 2.05) is 14.1 Å². The number of hydrogen-bond donors (Lipinski definition) is 1. The number of carbonyl (C=O) groups is 1. The molecule has 1 unspecified atom stereocenters. The van der Waals surface area contributed by atoms with Gasteiger partial charge in [0.2, 0.25) is 0 Å². The van der Waals surface area contributed by atoms with Gasteiger partial charge in [0.25, 0.3) is 5.69 Å². The summed E-state index contributed by atoms with van der Waals surface area (Å²) in [5, 5.41) is 13.4. The summed E-state index contributed by atoms with van der Waals surface area (Å²) in [5.74, 6) is 0.804. The molecule has 1 aromatic heterocycles. The maximum absolute atomic E-state index is 12.5. The van der Waals surface area contributed by atoms with Gasteiger partial charge in [-0.3, -0.25) is 15.4 Å². The Morgan fingerprint density at radius 2 is 2.10 bits per heavy atom. The minimum absolute atomic E-state index is 0.0740. The van der Waals surface area contributed by atoms with Crippen LogP contribution in [0, 0.1) is 10.1 Å². The molecule has 0 aliphatic carbocycles. The Morgan fingerprint density at radius 3 is 2.76 bits per heavy atom. The molecule has 1 aliphatic rings. The number of benzene rings is 1. The first-order chi connectivity index (χ1) is 13.8. The second-order valence-electron chi connectivity index (χ2n) is 6.73. The first-order valence-electron chi connectivity index (χ1n) is 8.75. The molecule has 3 rings (SSSR count). The molecule has 1 aromatic carbocycles. The summed E-state index contributed by atoms with van der Waals surface area (Å²) in [7, 11) is 3.98. The summed E-state index contributed by atoms with van der Waals surface area (Å²) < 4.78 is 5.67. The van der Waals surface area contributed by atoms with Gasteiger partial charge in [-0.15, -0.1) is 0 Å². The van der Waals surface area contributed by atoms with E-state index >= 15 is 0 Å². The number of carbonyl (C=O) groups excluding carboxylic acids is 1. The molecule has 2 heterocycles. The fourth-order valence-electron chi connectivity index (χ4n) is 2.95. The summed E-state index contributed by atoms with van der Waals surface area (Å²) in [4.78, 5) is 30.7. The number of pyridine rings is 1. The van der Waals surface area contributed by atoms with E-state index in [4.69, 9.17) is 27.9 Å². The van der Waals surface area contributed by atoms with Gasteiger partial charge >= 0.3 is 6.03 Å². The highest BCUT2D eigenvalue weighted by Gasteiger charge is 2.27. The van der Waals surface area contributed by atoms with E-state index < -0.39 is 4.92 Å². The zero-order valence-electron chi connectivity index (χ0n) is 15.8. The standard InChI is InChI=1S/C18H19Cl2N5O4/c1-23(2)11-6-8-24(10-11)18(26)22-15-9-12(5-7-21-15)29-14-4-3-13(25(27)28)16(19)17(14)20/h3-5,7,9,11H,6,8,10H2,1-2H3,(H,21,22,26). The van der Waals surface area contributed by atoms with Crippen LogP contribution in [0.2, 0.25) is 10.0 Å². The number of urea groups is 1. The van der Waals surface area contributed by atoms with Gasteiger partial charge in [-0.2, -0.15) is 0 Å². The molecule has 1 aliphatic heterocycles. The minimum Gasteiger partial charge on any atom is -0.456 e. The van der Waals surface area contributed by atoms with Gasteiger partial charge in [-0.1, -0.05) is 23.2 Å². The Bertz CT molecular complexity index is 940. The van der Waals surface area contributed by atoms with Gasteiger partial charge < -0.3 is 14.5 Å². The molecule has 0 saturated carbocycles. The molecule has 0 bridgehead atoms. The number of ether oxygens (including phenoxy) is 1. The van der Waals surface area contributed by atoms with Crippen molar-refractivity contribution in [3.05, 3.63) is 50.6 Å². The molecule has 2 aromatic rings. The molecule has 11 heteroatoms. The average Bonchev–Trinajstić information content (AvgIpc) is 3.16. The van der Waals surface area contributed by atoms with Crippen LogP contribution in [0.1, 0.15) is 6.42 Å². The van der Waals surface area contributed by atoms with Crippen molar-refractivity contribution < 1.29 is 14.5 Å². The first-order valence-corrected chi connectivity index (χ1v) is 9.50. The van der Waals surface area contributed by atoms with E-state index in [9.17, 15) is 14.9 Å². The summed E-state index contributed by atoms with van der Waals surface area (Å²) >= 11 is 12.0. The number of nitrogens with zero attached hydrogens (tertiary/aromatic N) is 4. The molecule has 0 radical (unpaired) electrons. The lowest BCUT2D eigenvalue weighted by molar-refractivity contribution is -0.384. The molecule has 0 spiro atoms. The van der Waals surface area contributed by atoms with Gasteiger partial charge in [0.05, 0.1) is 4.92 Å². The highest BCUT2D eigenvalue weighted by atomic mass is 35.5. The van der Waals surface area contributed by atoms with Crippen molar-refractivity contribution in [2.45, 2.75) is 12.5 Å². The van der Waals surface area contributed by atoms with Crippen LogP contribution in [0.4, 0.5) is 16.3 Å². The van der Waals surface area contributed by atoms with Crippen molar-refractivity contribution in [1.82, 2.24) is 14.8 Å². The first kappa shape index (κ1) is 21.1. The smallest absolute Gasteiger partial charge is 0.323 e. The molecule has 1 saturated heterocycles. The molecule has 1 atom stereocenters. The van der Waals surface area contributed by atoms with Crippen LogP contribution < -0.4 is 10.1 Å². The third kappa shape index (κ3) is 4.87. The number of likely N-dealkylation sites (N-methyl/N-ethyl adjacent to an activating group) is 1. The predicted octanol–water partition coefficient (Wildman–Crippen LogP) is 4.26. The van der Waals surface area contributed by atoms with Crippen LogP contribution in [0.5, 0.6) is 11.5 Å². The highest BCUT2D eigenvalue weighted by Crippen LogP contribution is 2.40. The number of hydrogen-bond acceptors (Lipinski definition) is 6. The molecular formula is C18H19Cl2N5O4. The van der Waals surface area contributed by atoms with Crippen molar-refractivity contribution in [3.63, 3.8) is 0 Å². The van der Waals surface area contributed by atoms with Crippen LogP contribution in [-0.2, 0) is 0 Å². The van der Waals surface area contributed by atoms with Crippen molar-refractivity contribution in [3.8, 4) is 11.5 Å². The SMILES string of the molecule is CN(C)C1CCN(C(=O)Nc2cc(Oc3ccc([N+](=O)[O-])c(Cl)c3Cl)ccn2)C1. The maximum atomic E-state index is 12.5. The molecular weight excluding hydrogens is 421 g/mol. The second-order valence-corrected chi connectivity index (χ2v) is 7.48. The van der Waals surface area contributed by atoms with E-state index in [0.29, 0.717) is 30.7 Å². The molecule has 154 valence electrons. The van der Waals surface area contributed by atoms with Crippen molar-refractivity contribution in [2.24, 2.45) is 0 Å². The lowest BCUT2D eigenvalue weighted by atomic mass is 10.2. The molecule has 29 heavy (non-hydrogen) atoms. The Morgan fingerprint density at radius 1 is 1.34 bits per heavy atom. The Kier molecular flexibility index (Phi) is 6.41. The largest absolute Gasteiger partial charge is 0.456 e. The zero-order valence-corrected chi connectivity index (χ0v) is 17.3. The summed E-state index contributed by atoms with van der Waals surface area (Å²) in [6.45, 7) is 1.31. The van der Waals surface area contributed by atoms with Crippen molar-refractivity contribution in [1.29, 1.82) is 0 Å². The lowest BCUT2D eigenvalue weighted by Crippen LogP contribution is -2.36. The Labute approximate surface area is 177 Å². The zero-order chi connectivity index (χ0) is 21.1. The normalized spacial score (nSPS) is 16.2. The number of rotatable bonds is 5. The van der Waals surface area contributed by atoms with Crippen LogP contribution >= 0.6 is 23.2 Å². The third-order valence-corrected chi connectivity index (χ3v) is 5.45. The second kappa shape index (κ2) is 8.81. The summed E-state index contributed by atoms with van der Waals surface area (Å²) in [5.41, 5.74) is -0.312. The van der Waals surface area contributed by atoms with Gasteiger partial charge in [0, 0.05) is 37.5 Å². The van der Waals surface area contributed by atoms with E-state index in [1.165, 1.54) is 24.4 Å². The third-order valence-electron chi connectivity index (χ3n) is 4.60. The van der Waals surface area contributed by atoms with E-state index in [1.54, 1.807) is 11.0 Å². The molecule has 9 nitrogen and oxygen atoms in total. The van der Waals surface area contributed by atoms with Crippen LogP contribution in [0.25, 0.3) is 0 Å². The summed E-state index contributed by atoms with van der Waals surface area (Å²) in [6.07, 6.45) is 2.38. The lowest BCUT2D eigenvalue weighted by Gasteiger charge is -2.20. The fourth-order valence-corrected chi connectivity index (χ4v) is 3.37. The van der Waals surface area contributed by atoms with E-state index in [0.717, 1.165) is 6.42 Å². The molecule has 1 fully saturated rings. The quantitative estimate of drug-likeness (QED) is 0.551. The van der Waals surface area contributed by atoms with Gasteiger partial charge in [-0.25, -0.2) is 9.78 Å². The highest BCUT2D eigenvalue weighted by molar-refractivity contribution is 6.44. The summed E-state index contributed by atoms with van der Waals surface area (Å²) in [6, 6.07) is 5.76. The molecule has 1 N–H and O–H groups in total. The number of anilines is 1. The Hall–Kier alpha value is -2.62. The van der Waals surface area contributed by atoms with Crippen LogP contribution in [0.15, 0.2) is 30.5 Å². The van der Waals surface area contributed by atoms with Crippen molar-refractivity contribution in [2.75, 3.05) is 32.5 Å². The number of likely N-dealkylation sites (tertiary alicyclic amines) is 1. The number of halogens is 2. The maximum Gasteiger partial charge on any atom is 0.323 e. The molecule has 2 amide bonds. The minimum atomic E-state index is -0.628. The van der Waals surface area contributed by atoms with Gasteiger partial charge in [0.1, 0.15) is 27.4 Å². The van der Waals surface area contributed by atoms with Gasteiger partial charge in [0.15, 0.2) is 0 Å². The monoisotopic (exact) mass is 439 g/mol. The van der Waals surface area contributed by atoms with E-state index in [2.05, 4.69) is 15.2 Å². The van der Waals surface area contributed by atoms with Crippen LogP contribution in [-0.4, -0.2) is 59.0 Å². The number of nitro benzene ring substituents is 1. The van der Waals surface area contributed by atoms with E-state index in [-0.39, 0.29) is 27.5 Å². The topological polar surface area (TPSA) is 101 Å². The predicted molar refractivity (Wildman–Crippen MR) is 110 cm³/mol. The average molecular weight is 440 g/mol. The van der Waals surface area contributed by atoms with Gasteiger partial charge in [-0.05, 0) is 32.6 Å². The van der Waals surface area contributed by atoms with Crippen molar-refractivity contribution >= 4 is 40.7 Å². The number of nitro groups is 1. The fraction of sp³-hybridized carbons (Fsp3) is 0.333. The number of aromatic nitrogens is 1. The number of nitrogens with one attached hydrogen (secondary N) is 1. The van der Waals surface area contributed by atoms with Crippen LogP contribution in [0.3, 0.4) is 0 Å². The number of amides is 2.